The Labute approximate surface area is 132 Å². The summed E-state index contributed by atoms with van der Waals surface area (Å²) >= 11 is 0. The van der Waals surface area contributed by atoms with Gasteiger partial charge in [0.05, 0.1) is 7.11 Å². The fourth-order valence-electron chi connectivity index (χ4n) is 2.53. The number of ether oxygens (including phenoxy) is 1. The summed E-state index contributed by atoms with van der Waals surface area (Å²) in [5.41, 5.74) is 2.44. The second-order valence-corrected chi connectivity index (χ2v) is 5.66. The maximum Gasteiger partial charge on any atom is 0.123 e. The summed E-state index contributed by atoms with van der Waals surface area (Å²) in [6.07, 6.45) is 2.02. The van der Waals surface area contributed by atoms with Crippen molar-refractivity contribution in [2.75, 3.05) is 20.7 Å². The standard InChI is InChI=1S/C19H24FNO/c1-15(17-7-4-8-19(14-17)22-3)21(2)13-5-6-16-9-11-18(20)12-10-16/h4,7-12,14-15H,5-6,13H2,1-3H3/t15-/m0/s1. The number of halogens is 1. The smallest absolute Gasteiger partial charge is 0.123 e. The molecule has 2 aromatic carbocycles. The first-order chi connectivity index (χ1) is 10.6. The van der Waals surface area contributed by atoms with Gasteiger partial charge in [-0.25, -0.2) is 4.39 Å². The van der Waals surface area contributed by atoms with E-state index in [1.807, 2.05) is 24.3 Å². The number of methoxy groups -OCH3 is 1. The van der Waals surface area contributed by atoms with Gasteiger partial charge in [-0.15, -0.1) is 0 Å². The molecule has 0 bridgehead atoms. The Morgan fingerprint density at radius 3 is 2.55 bits per heavy atom. The van der Waals surface area contributed by atoms with E-state index in [0.717, 1.165) is 25.1 Å². The Bertz CT molecular complexity index is 582. The molecule has 0 saturated heterocycles. The molecular formula is C19H24FNO. The third-order valence-electron chi connectivity index (χ3n) is 4.13. The maximum absolute atomic E-state index is 12.9. The van der Waals surface area contributed by atoms with E-state index >= 15 is 0 Å². The molecule has 0 heterocycles. The number of benzene rings is 2. The van der Waals surface area contributed by atoms with E-state index < -0.39 is 0 Å². The highest BCUT2D eigenvalue weighted by atomic mass is 19.1. The minimum atomic E-state index is -0.174. The molecule has 0 spiro atoms. The van der Waals surface area contributed by atoms with Gasteiger partial charge in [0.2, 0.25) is 0 Å². The highest BCUT2D eigenvalue weighted by Gasteiger charge is 2.11. The van der Waals surface area contributed by atoms with Gasteiger partial charge in [-0.3, -0.25) is 4.90 Å². The van der Waals surface area contributed by atoms with E-state index in [1.54, 1.807) is 7.11 Å². The van der Waals surface area contributed by atoms with Crippen LogP contribution >= 0.6 is 0 Å². The van der Waals surface area contributed by atoms with Crippen LogP contribution in [-0.4, -0.2) is 25.6 Å². The van der Waals surface area contributed by atoms with Crippen LogP contribution in [0.25, 0.3) is 0 Å². The first kappa shape index (κ1) is 16.5. The molecule has 0 aliphatic heterocycles. The van der Waals surface area contributed by atoms with E-state index in [4.69, 9.17) is 4.74 Å². The molecule has 22 heavy (non-hydrogen) atoms. The zero-order valence-electron chi connectivity index (χ0n) is 13.6. The number of aryl methyl sites for hydroxylation is 1. The number of hydrogen-bond acceptors (Lipinski definition) is 2. The minimum Gasteiger partial charge on any atom is -0.497 e. The van der Waals surface area contributed by atoms with Crippen LogP contribution in [0.1, 0.15) is 30.5 Å². The monoisotopic (exact) mass is 301 g/mol. The highest BCUT2D eigenvalue weighted by Crippen LogP contribution is 2.23. The van der Waals surface area contributed by atoms with Crippen molar-refractivity contribution in [3.05, 3.63) is 65.5 Å². The Morgan fingerprint density at radius 1 is 1.14 bits per heavy atom. The maximum atomic E-state index is 12.9. The topological polar surface area (TPSA) is 12.5 Å². The molecule has 0 radical (unpaired) electrons. The van der Waals surface area contributed by atoms with Crippen molar-refractivity contribution >= 4 is 0 Å². The van der Waals surface area contributed by atoms with Crippen molar-refractivity contribution in [1.82, 2.24) is 4.90 Å². The van der Waals surface area contributed by atoms with E-state index in [-0.39, 0.29) is 5.82 Å². The molecule has 1 atom stereocenters. The molecular weight excluding hydrogens is 277 g/mol. The molecule has 0 aromatic heterocycles. The molecule has 0 aliphatic carbocycles. The predicted octanol–water partition coefficient (Wildman–Crippen LogP) is 4.46. The fourth-order valence-corrected chi connectivity index (χ4v) is 2.53. The third-order valence-corrected chi connectivity index (χ3v) is 4.13. The molecule has 3 heteroatoms. The van der Waals surface area contributed by atoms with Gasteiger partial charge in [-0.2, -0.15) is 0 Å². The summed E-state index contributed by atoms with van der Waals surface area (Å²) in [5, 5.41) is 0. The van der Waals surface area contributed by atoms with Crippen molar-refractivity contribution in [3.63, 3.8) is 0 Å². The van der Waals surface area contributed by atoms with Gasteiger partial charge in [0.1, 0.15) is 11.6 Å². The van der Waals surface area contributed by atoms with Gasteiger partial charge >= 0.3 is 0 Å². The number of hydrogen-bond donors (Lipinski definition) is 0. The van der Waals surface area contributed by atoms with Crippen LogP contribution in [0.15, 0.2) is 48.5 Å². The number of rotatable bonds is 7. The lowest BCUT2D eigenvalue weighted by atomic mass is 10.1. The molecule has 0 N–H and O–H groups in total. The SMILES string of the molecule is COc1cccc([C@H](C)N(C)CCCc2ccc(F)cc2)c1. The lowest BCUT2D eigenvalue weighted by Crippen LogP contribution is -2.24. The Kier molecular flexibility index (Phi) is 5.96. The molecule has 0 aliphatic rings. The zero-order chi connectivity index (χ0) is 15.9. The predicted molar refractivity (Wildman–Crippen MR) is 88.8 cm³/mol. The van der Waals surface area contributed by atoms with Crippen LogP contribution in [0.3, 0.4) is 0 Å². The van der Waals surface area contributed by atoms with Gasteiger partial charge in [0.25, 0.3) is 0 Å². The Hall–Kier alpha value is -1.87. The number of nitrogens with zero attached hydrogens (tertiary/aromatic N) is 1. The largest absolute Gasteiger partial charge is 0.497 e. The van der Waals surface area contributed by atoms with E-state index in [0.29, 0.717) is 6.04 Å². The van der Waals surface area contributed by atoms with E-state index in [9.17, 15) is 4.39 Å². The van der Waals surface area contributed by atoms with E-state index in [2.05, 4.69) is 31.0 Å². The average molecular weight is 301 g/mol. The van der Waals surface area contributed by atoms with Crippen LogP contribution < -0.4 is 4.74 Å². The first-order valence-electron chi connectivity index (χ1n) is 7.69. The zero-order valence-corrected chi connectivity index (χ0v) is 13.6. The van der Waals surface area contributed by atoms with Gasteiger partial charge < -0.3 is 4.74 Å². The molecule has 2 nitrogen and oxygen atoms in total. The summed E-state index contributed by atoms with van der Waals surface area (Å²) in [6.45, 7) is 3.20. The van der Waals surface area contributed by atoms with Gasteiger partial charge in [0.15, 0.2) is 0 Å². The second kappa shape index (κ2) is 7.95. The van der Waals surface area contributed by atoms with Gasteiger partial charge in [-0.1, -0.05) is 24.3 Å². The lowest BCUT2D eigenvalue weighted by Gasteiger charge is -2.25. The molecule has 0 saturated carbocycles. The Balaban J connectivity index is 1.85. The summed E-state index contributed by atoms with van der Waals surface area (Å²) in [6, 6.07) is 15.3. The summed E-state index contributed by atoms with van der Waals surface area (Å²) in [4.78, 5) is 2.33. The third kappa shape index (κ3) is 4.57. The summed E-state index contributed by atoms with van der Waals surface area (Å²) in [5.74, 6) is 0.719. The fraction of sp³-hybridized carbons (Fsp3) is 0.368. The average Bonchev–Trinajstić information content (AvgIpc) is 2.56. The van der Waals surface area contributed by atoms with E-state index in [1.165, 1.54) is 23.3 Å². The normalized spacial score (nSPS) is 12.4. The molecule has 0 fully saturated rings. The summed E-state index contributed by atoms with van der Waals surface area (Å²) < 4.78 is 18.2. The molecule has 0 unspecified atom stereocenters. The molecule has 0 amide bonds. The van der Waals surface area contributed by atoms with Crippen molar-refractivity contribution in [2.24, 2.45) is 0 Å². The Morgan fingerprint density at radius 2 is 1.86 bits per heavy atom. The minimum absolute atomic E-state index is 0.174. The van der Waals surface area contributed by atoms with Gasteiger partial charge in [-0.05, 0) is 68.8 Å². The van der Waals surface area contributed by atoms with Crippen LogP contribution in [0.5, 0.6) is 5.75 Å². The van der Waals surface area contributed by atoms with Crippen LogP contribution in [0.2, 0.25) is 0 Å². The van der Waals surface area contributed by atoms with Crippen LogP contribution in [0, 0.1) is 5.82 Å². The van der Waals surface area contributed by atoms with Crippen molar-refractivity contribution in [3.8, 4) is 5.75 Å². The quantitative estimate of drug-likeness (QED) is 0.748. The van der Waals surface area contributed by atoms with Crippen LogP contribution in [0.4, 0.5) is 4.39 Å². The second-order valence-electron chi connectivity index (χ2n) is 5.66. The van der Waals surface area contributed by atoms with Crippen LogP contribution in [-0.2, 0) is 6.42 Å². The lowest BCUT2D eigenvalue weighted by molar-refractivity contribution is 0.258. The van der Waals surface area contributed by atoms with Crippen molar-refractivity contribution < 1.29 is 9.13 Å². The molecule has 2 aromatic rings. The highest BCUT2D eigenvalue weighted by molar-refractivity contribution is 5.30. The van der Waals surface area contributed by atoms with Crippen molar-refractivity contribution in [2.45, 2.75) is 25.8 Å². The van der Waals surface area contributed by atoms with Crippen molar-refractivity contribution in [1.29, 1.82) is 0 Å². The molecule has 2 rings (SSSR count). The first-order valence-corrected chi connectivity index (χ1v) is 7.69. The van der Waals surface area contributed by atoms with Gasteiger partial charge in [0, 0.05) is 6.04 Å². The molecule has 118 valence electrons. The summed E-state index contributed by atoms with van der Waals surface area (Å²) in [7, 11) is 3.82.